The molecule has 2 heterocycles. The lowest BCUT2D eigenvalue weighted by Gasteiger charge is -2.11. The van der Waals surface area contributed by atoms with E-state index in [1.54, 1.807) is 19.0 Å². The van der Waals surface area contributed by atoms with Gasteiger partial charge >= 0.3 is 0 Å². The van der Waals surface area contributed by atoms with Crippen LogP contribution in [0.3, 0.4) is 0 Å². The van der Waals surface area contributed by atoms with Crippen LogP contribution in [-0.4, -0.2) is 34.3 Å². The molecule has 0 saturated carbocycles. The van der Waals surface area contributed by atoms with Crippen LogP contribution in [0.5, 0.6) is 0 Å². The van der Waals surface area contributed by atoms with Crippen molar-refractivity contribution in [1.29, 1.82) is 0 Å². The lowest BCUT2D eigenvalue weighted by atomic mass is 10.1. The van der Waals surface area contributed by atoms with E-state index in [1.807, 2.05) is 40.9 Å². The summed E-state index contributed by atoms with van der Waals surface area (Å²) in [5.74, 6) is 0.0671. The highest BCUT2D eigenvalue weighted by Crippen LogP contribution is 2.26. The molecule has 0 fully saturated rings. The van der Waals surface area contributed by atoms with Gasteiger partial charge in [0.1, 0.15) is 5.65 Å². The minimum Gasteiger partial charge on any atom is -0.348 e. The van der Waals surface area contributed by atoms with Crippen molar-refractivity contribution in [3.8, 4) is 11.3 Å². The molecule has 1 amide bonds. The van der Waals surface area contributed by atoms with E-state index in [9.17, 15) is 4.79 Å². The molecule has 0 bridgehead atoms. The van der Waals surface area contributed by atoms with Gasteiger partial charge in [0.15, 0.2) is 0 Å². The molecule has 0 aliphatic carbocycles. The predicted octanol–water partition coefficient (Wildman–Crippen LogP) is 3.24. The average molecular weight is 405 g/mol. The van der Waals surface area contributed by atoms with Crippen molar-refractivity contribution in [2.45, 2.75) is 6.42 Å². The topological polar surface area (TPSA) is 37.6 Å². The van der Waals surface area contributed by atoms with Crippen molar-refractivity contribution in [3.05, 3.63) is 57.9 Å². The molecule has 0 aliphatic rings. The molecule has 4 nitrogen and oxygen atoms in total. The molecule has 0 unspecified atom stereocenters. The fraction of sp³-hybridized carbons (Fsp3) is 0.176. The van der Waals surface area contributed by atoms with Crippen LogP contribution in [0.1, 0.15) is 5.69 Å². The summed E-state index contributed by atoms with van der Waals surface area (Å²) < 4.78 is 3.17. The first-order valence-electron chi connectivity index (χ1n) is 6.98. The van der Waals surface area contributed by atoms with Crippen LogP contribution >= 0.6 is 22.6 Å². The number of imidazole rings is 1. The second kappa shape index (κ2) is 6.08. The van der Waals surface area contributed by atoms with Gasteiger partial charge in [-0.25, -0.2) is 4.98 Å². The van der Waals surface area contributed by atoms with Gasteiger partial charge in [-0.15, -0.1) is 0 Å². The van der Waals surface area contributed by atoms with E-state index in [4.69, 9.17) is 4.98 Å². The van der Waals surface area contributed by atoms with Gasteiger partial charge in [-0.1, -0.05) is 18.2 Å². The van der Waals surface area contributed by atoms with E-state index >= 15 is 0 Å². The zero-order valence-electron chi connectivity index (χ0n) is 12.5. The number of fused-ring (bicyclic) bond motifs is 1. The molecular weight excluding hydrogens is 389 g/mol. The predicted molar refractivity (Wildman–Crippen MR) is 95.7 cm³/mol. The average Bonchev–Trinajstić information content (AvgIpc) is 2.87. The van der Waals surface area contributed by atoms with Crippen LogP contribution in [0.2, 0.25) is 0 Å². The fourth-order valence-corrected chi connectivity index (χ4v) is 2.72. The summed E-state index contributed by atoms with van der Waals surface area (Å²) in [4.78, 5) is 18.5. The highest BCUT2D eigenvalue weighted by Gasteiger charge is 2.17. The zero-order chi connectivity index (χ0) is 15.7. The van der Waals surface area contributed by atoms with Crippen molar-refractivity contribution in [2.24, 2.45) is 0 Å². The third-order valence-electron chi connectivity index (χ3n) is 3.56. The Morgan fingerprint density at radius 2 is 1.91 bits per heavy atom. The van der Waals surface area contributed by atoms with Gasteiger partial charge in [0.25, 0.3) is 0 Å². The summed E-state index contributed by atoms with van der Waals surface area (Å²) in [6, 6.07) is 14.1. The Bertz CT molecular complexity index is 822. The Morgan fingerprint density at radius 1 is 1.18 bits per heavy atom. The van der Waals surface area contributed by atoms with Crippen LogP contribution in [0.4, 0.5) is 0 Å². The standard InChI is InChI=1S/C17H16IN3O/c1-20(2)16(22)11-14-17(12-6-8-13(18)9-7-12)19-15-5-3-4-10-21(14)15/h3-10H,11H2,1-2H3. The summed E-state index contributed by atoms with van der Waals surface area (Å²) in [6.07, 6.45) is 2.29. The first kappa shape index (κ1) is 15.0. The summed E-state index contributed by atoms with van der Waals surface area (Å²) in [5.41, 5.74) is 3.69. The molecule has 112 valence electrons. The largest absolute Gasteiger partial charge is 0.348 e. The molecule has 22 heavy (non-hydrogen) atoms. The molecule has 2 aromatic heterocycles. The molecule has 5 heteroatoms. The van der Waals surface area contributed by atoms with Crippen LogP contribution in [-0.2, 0) is 11.2 Å². The molecule has 0 aliphatic heterocycles. The molecule has 0 spiro atoms. The number of pyridine rings is 1. The van der Waals surface area contributed by atoms with Crippen molar-refractivity contribution in [3.63, 3.8) is 0 Å². The van der Waals surface area contributed by atoms with Crippen molar-refractivity contribution >= 4 is 34.1 Å². The Kier molecular flexibility index (Phi) is 4.15. The molecule has 3 rings (SSSR count). The van der Waals surface area contributed by atoms with Gasteiger partial charge in [-0.3, -0.25) is 4.79 Å². The molecule has 1 aromatic carbocycles. The minimum atomic E-state index is 0.0671. The number of rotatable bonds is 3. The number of nitrogens with zero attached hydrogens (tertiary/aromatic N) is 3. The van der Waals surface area contributed by atoms with Crippen LogP contribution in [0.15, 0.2) is 48.7 Å². The van der Waals surface area contributed by atoms with E-state index in [0.717, 1.165) is 22.6 Å². The zero-order valence-corrected chi connectivity index (χ0v) is 14.6. The minimum absolute atomic E-state index is 0.0671. The fourth-order valence-electron chi connectivity index (χ4n) is 2.36. The van der Waals surface area contributed by atoms with Gasteiger partial charge in [0, 0.05) is 29.4 Å². The monoisotopic (exact) mass is 405 g/mol. The van der Waals surface area contributed by atoms with Crippen LogP contribution < -0.4 is 0 Å². The quantitative estimate of drug-likeness (QED) is 0.628. The van der Waals surface area contributed by atoms with Crippen LogP contribution in [0, 0.1) is 3.57 Å². The van der Waals surface area contributed by atoms with Gasteiger partial charge in [0.2, 0.25) is 5.91 Å². The molecule has 0 radical (unpaired) electrons. The van der Waals surface area contributed by atoms with Gasteiger partial charge in [0.05, 0.1) is 17.8 Å². The molecular formula is C17H16IN3O. The van der Waals surface area contributed by atoms with Gasteiger partial charge in [-0.05, 0) is 46.9 Å². The van der Waals surface area contributed by atoms with Crippen LogP contribution in [0.25, 0.3) is 16.9 Å². The summed E-state index contributed by atoms with van der Waals surface area (Å²) in [6.45, 7) is 0. The third kappa shape index (κ3) is 2.85. The summed E-state index contributed by atoms with van der Waals surface area (Å²) >= 11 is 2.28. The lowest BCUT2D eigenvalue weighted by molar-refractivity contribution is -0.128. The lowest BCUT2D eigenvalue weighted by Crippen LogP contribution is -2.24. The number of carbonyl (C=O) groups excluding carboxylic acids is 1. The van der Waals surface area contributed by atoms with Crippen molar-refractivity contribution < 1.29 is 4.79 Å². The molecule has 3 aromatic rings. The number of likely N-dealkylation sites (N-methyl/N-ethyl adjacent to an activating group) is 1. The van der Waals surface area contributed by atoms with E-state index in [1.165, 1.54) is 3.57 Å². The van der Waals surface area contributed by atoms with Crippen molar-refractivity contribution in [1.82, 2.24) is 14.3 Å². The third-order valence-corrected chi connectivity index (χ3v) is 4.28. The smallest absolute Gasteiger partial charge is 0.228 e. The van der Waals surface area contributed by atoms with Gasteiger partial charge < -0.3 is 9.30 Å². The number of benzene rings is 1. The van der Waals surface area contributed by atoms with Crippen molar-refractivity contribution in [2.75, 3.05) is 14.1 Å². The number of amides is 1. The molecule has 0 atom stereocenters. The number of aromatic nitrogens is 2. The van der Waals surface area contributed by atoms with Gasteiger partial charge in [-0.2, -0.15) is 0 Å². The first-order chi connectivity index (χ1) is 10.6. The maximum atomic E-state index is 12.2. The highest BCUT2D eigenvalue weighted by atomic mass is 127. The van der Waals surface area contributed by atoms with E-state index in [-0.39, 0.29) is 5.91 Å². The highest BCUT2D eigenvalue weighted by molar-refractivity contribution is 14.1. The second-order valence-corrected chi connectivity index (χ2v) is 6.55. The first-order valence-corrected chi connectivity index (χ1v) is 8.06. The maximum absolute atomic E-state index is 12.2. The summed E-state index contributed by atoms with van der Waals surface area (Å²) in [5, 5.41) is 0. The number of halogens is 1. The molecule has 0 saturated heterocycles. The summed E-state index contributed by atoms with van der Waals surface area (Å²) in [7, 11) is 3.55. The number of hydrogen-bond donors (Lipinski definition) is 0. The second-order valence-electron chi connectivity index (χ2n) is 5.31. The Hall–Kier alpha value is -1.89. The van der Waals surface area contributed by atoms with E-state index < -0.39 is 0 Å². The molecule has 0 N–H and O–H groups in total. The SMILES string of the molecule is CN(C)C(=O)Cc1c(-c2ccc(I)cc2)nc2ccccn12. The van der Waals surface area contributed by atoms with E-state index in [0.29, 0.717) is 6.42 Å². The van der Waals surface area contributed by atoms with E-state index in [2.05, 4.69) is 34.7 Å². The normalized spacial score (nSPS) is 10.9. The Morgan fingerprint density at radius 3 is 2.59 bits per heavy atom. The number of hydrogen-bond acceptors (Lipinski definition) is 2. The Balaban J connectivity index is 2.16. The Labute approximate surface area is 142 Å². The number of carbonyl (C=O) groups is 1. The maximum Gasteiger partial charge on any atom is 0.228 e.